The van der Waals surface area contributed by atoms with Crippen LogP contribution in [0.4, 0.5) is 0 Å². The van der Waals surface area contributed by atoms with Gasteiger partial charge in [0, 0.05) is 6.61 Å². The summed E-state index contributed by atoms with van der Waals surface area (Å²) in [5.41, 5.74) is 0. The third-order valence-electron chi connectivity index (χ3n) is 2.99. The van der Waals surface area contributed by atoms with Gasteiger partial charge in [-0.05, 0) is 30.3 Å². The molecule has 1 rings (SSSR count). The van der Waals surface area contributed by atoms with Gasteiger partial charge in [0.2, 0.25) is 0 Å². The summed E-state index contributed by atoms with van der Waals surface area (Å²) in [6.45, 7) is 0.408. The van der Waals surface area contributed by atoms with Crippen LogP contribution in [0.3, 0.4) is 0 Å². The van der Waals surface area contributed by atoms with Gasteiger partial charge in [0.25, 0.3) is 0 Å². The molecule has 0 aromatic rings. The first kappa shape index (κ1) is 10.4. The number of hydrogen-bond acceptors (Lipinski definition) is 2. The molecule has 0 spiro atoms. The molecule has 0 aromatic carbocycles. The van der Waals surface area contributed by atoms with Crippen molar-refractivity contribution < 1.29 is 5.11 Å². The van der Waals surface area contributed by atoms with Crippen LogP contribution in [0.1, 0.15) is 32.1 Å². The molecule has 0 aromatic heterocycles. The highest BCUT2D eigenvalue weighted by atomic mass is 32.2. The third-order valence-corrected chi connectivity index (χ3v) is 3.64. The lowest BCUT2D eigenvalue weighted by molar-refractivity contribution is 0.173. The minimum atomic E-state index is 0.408. The fraction of sp³-hybridized carbons (Fsp3) is 1.00. The average molecular weight is 188 g/mol. The monoisotopic (exact) mass is 188 g/mol. The Morgan fingerprint density at radius 2 is 2.08 bits per heavy atom. The van der Waals surface area contributed by atoms with Gasteiger partial charge in [-0.25, -0.2) is 0 Å². The highest BCUT2D eigenvalue weighted by Gasteiger charge is 2.23. The molecule has 1 fully saturated rings. The van der Waals surface area contributed by atoms with E-state index in [0.29, 0.717) is 12.5 Å². The molecule has 1 nitrogen and oxygen atoms in total. The van der Waals surface area contributed by atoms with E-state index in [1.54, 1.807) is 0 Å². The van der Waals surface area contributed by atoms with Crippen molar-refractivity contribution in [2.45, 2.75) is 32.1 Å². The molecule has 72 valence electrons. The van der Waals surface area contributed by atoms with Gasteiger partial charge in [0.05, 0.1) is 0 Å². The van der Waals surface area contributed by atoms with Gasteiger partial charge < -0.3 is 5.11 Å². The number of hydrogen-bond donors (Lipinski definition) is 1. The Labute approximate surface area is 79.9 Å². The minimum absolute atomic E-state index is 0.408. The lowest BCUT2D eigenvalue weighted by atomic mass is 9.89. The van der Waals surface area contributed by atoms with E-state index in [1.165, 1.54) is 37.9 Å². The Morgan fingerprint density at radius 1 is 1.42 bits per heavy atom. The first-order chi connectivity index (χ1) is 5.88. The normalized spacial score (nSPS) is 21.5. The predicted molar refractivity (Wildman–Crippen MR) is 55.5 cm³/mol. The molecule has 0 bridgehead atoms. The van der Waals surface area contributed by atoms with Crippen molar-refractivity contribution in [2.24, 2.45) is 11.8 Å². The zero-order valence-corrected chi connectivity index (χ0v) is 8.78. The molecule has 0 aliphatic heterocycles. The van der Waals surface area contributed by atoms with Gasteiger partial charge in [0.15, 0.2) is 0 Å². The smallest absolute Gasteiger partial charge is 0.0462 e. The lowest BCUT2D eigenvalue weighted by Crippen LogP contribution is -2.16. The molecule has 0 amide bonds. The third kappa shape index (κ3) is 2.98. The first-order valence-electron chi connectivity index (χ1n) is 4.98. The second kappa shape index (κ2) is 5.87. The SMILES string of the molecule is CSCCC(CO)C1CCCC1. The van der Waals surface area contributed by atoms with Gasteiger partial charge in [-0.2, -0.15) is 11.8 Å². The van der Waals surface area contributed by atoms with Crippen LogP contribution >= 0.6 is 11.8 Å². The fourth-order valence-electron chi connectivity index (χ4n) is 2.17. The minimum Gasteiger partial charge on any atom is -0.396 e. The van der Waals surface area contributed by atoms with Gasteiger partial charge in [-0.3, -0.25) is 0 Å². The van der Waals surface area contributed by atoms with Gasteiger partial charge in [0.1, 0.15) is 0 Å². The maximum atomic E-state index is 9.20. The highest BCUT2D eigenvalue weighted by Crippen LogP contribution is 2.33. The van der Waals surface area contributed by atoms with Crippen LogP contribution in [-0.2, 0) is 0 Å². The van der Waals surface area contributed by atoms with E-state index in [4.69, 9.17) is 0 Å². The molecular weight excluding hydrogens is 168 g/mol. The molecular formula is C10H20OS. The van der Waals surface area contributed by atoms with Crippen molar-refractivity contribution in [3.63, 3.8) is 0 Å². The summed E-state index contributed by atoms with van der Waals surface area (Å²) in [4.78, 5) is 0. The molecule has 1 atom stereocenters. The lowest BCUT2D eigenvalue weighted by Gasteiger charge is -2.20. The first-order valence-corrected chi connectivity index (χ1v) is 6.37. The van der Waals surface area contributed by atoms with E-state index in [1.807, 2.05) is 11.8 Å². The molecule has 2 heteroatoms. The van der Waals surface area contributed by atoms with Gasteiger partial charge in [-0.15, -0.1) is 0 Å². The van der Waals surface area contributed by atoms with Crippen molar-refractivity contribution >= 4 is 11.8 Å². The van der Waals surface area contributed by atoms with Crippen molar-refractivity contribution in [1.29, 1.82) is 0 Å². The maximum Gasteiger partial charge on any atom is 0.0462 e. The van der Waals surface area contributed by atoms with Crippen molar-refractivity contribution in [1.82, 2.24) is 0 Å². The molecule has 0 heterocycles. The van der Waals surface area contributed by atoms with E-state index in [-0.39, 0.29) is 0 Å². The average Bonchev–Trinajstić information content (AvgIpc) is 2.59. The van der Waals surface area contributed by atoms with E-state index >= 15 is 0 Å². The van der Waals surface area contributed by atoms with Crippen LogP contribution in [0.25, 0.3) is 0 Å². The summed E-state index contributed by atoms with van der Waals surface area (Å²) in [6, 6.07) is 0. The number of aliphatic hydroxyl groups is 1. The van der Waals surface area contributed by atoms with E-state index < -0.39 is 0 Å². The second-order valence-electron chi connectivity index (χ2n) is 3.77. The molecule has 1 aliphatic rings. The number of thioether (sulfide) groups is 1. The largest absolute Gasteiger partial charge is 0.396 e. The summed E-state index contributed by atoms with van der Waals surface area (Å²) < 4.78 is 0. The van der Waals surface area contributed by atoms with Crippen LogP contribution in [0.5, 0.6) is 0 Å². The maximum absolute atomic E-state index is 9.20. The number of rotatable bonds is 5. The summed E-state index contributed by atoms with van der Waals surface area (Å²) in [6.07, 6.45) is 8.85. The van der Waals surface area contributed by atoms with Crippen molar-refractivity contribution in [3.8, 4) is 0 Å². The predicted octanol–water partition coefficient (Wildman–Crippen LogP) is 2.54. The highest BCUT2D eigenvalue weighted by molar-refractivity contribution is 7.98. The van der Waals surface area contributed by atoms with E-state index in [0.717, 1.165) is 5.92 Å². The molecule has 1 saturated carbocycles. The fourth-order valence-corrected chi connectivity index (χ4v) is 2.71. The molecule has 1 aliphatic carbocycles. The Morgan fingerprint density at radius 3 is 2.58 bits per heavy atom. The molecule has 0 radical (unpaired) electrons. The summed E-state index contributed by atoms with van der Waals surface area (Å²) in [5, 5.41) is 9.20. The van der Waals surface area contributed by atoms with Crippen LogP contribution in [-0.4, -0.2) is 23.7 Å². The zero-order chi connectivity index (χ0) is 8.81. The number of aliphatic hydroxyl groups excluding tert-OH is 1. The van der Waals surface area contributed by atoms with Gasteiger partial charge in [-0.1, -0.05) is 25.7 Å². The summed E-state index contributed by atoms with van der Waals surface area (Å²) >= 11 is 1.89. The van der Waals surface area contributed by atoms with E-state index in [2.05, 4.69) is 6.26 Å². The standard InChI is InChI=1S/C10H20OS/c1-12-7-6-10(8-11)9-4-2-3-5-9/h9-11H,2-8H2,1H3. The Kier molecular flexibility index (Phi) is 5.08. The van der Waals surface area contributed by atoms with Crippen LogP contribution < -0.4 is 0 Å². The Bertz CT molecular complexity index is 110. The van der Waals surface area contributed by atoms with Crippen LogP contribution in [0.15, 0.2) is 0 Å². The van der Waals surface area contributed by atoms with Gasteiger partial charge >= 0.3 is 0 Å². The van der Waals surface area contributed by atoms with Crippen LogP contribution in [0.2, 0.25) is 0 Å². The summed E-state index contributed by atoms with van der Waals surface area (Å²) in [7, 11) is 0. The van der Waals surface area contributed by atoms with Crippen LogP contribution in [0, 0.1) is 11.8 Å². The van der Waals surface area contributed by atoms with Crippen molar-refractivity contribution in [2.75, 3.05) is 18.6 Å². The quantitative estimate of drug-likeness (QED) is 0.715. The summed E-state index contributed by atoms with van der Waals surface area (Å²) in [5.74, 6) is 2.64. The second-order valence-corrected chi connectivity index (χ2v) is 4.75. The topological polar surface area (TPSA) is 20.2 Å². The van der Waals surface area contributed by atoms with Crippen molar-refractivity contribution in [3.05, 3.63) is 0 Å². The molecule has 0 saturated heterocycles. The molecule has 12 heavy (non-hydrogen) atoms. The molecule has 1 unspecified atom stereocenters. The molecule has 1 N–H and O–H groups in total. The Hall–Kier alpha value is 0.310. The zero-order valence-electron chi connectivity index (χ0n) is 7.96. The van der Waals surface area contributed by atoms with E-state index in [9.17, 15) is 5.11 Å². The Balaban J connectivity index is 2.22.